The van der Waals surface area contributed by atoms with E-state index in [0.29, 0.717) is 17.4 Å². The van der Waals surface area contributed by atoms with Crippen LogP contribution in [-0.2, 0) is 18.4 Å². The van der Waals surface area contributed by atoms with Crippen LogP contribution < -0.4 is 10.2 Å². The van der Waals surface area contributed by atoms with E-state index in [2.05, 4.69) is 92.1 Å². The number of amides is 1. The molecular formula is C62H113N2O6P. The molecular weight excluding hydrogens is 900 g/mol. The van der Waals surface area contributed by atoms with Gasteiger partial charge in [-0.3, -0.25) is 9.36 Å². The van der Waals surface area contributed by atoms with Crippen molar-refractivity contribution in [1.82, 2.24) is 5.32 Å². The quantitative estimate of drug-likeness (QED) is 0.0272. The molecule has 0 aromatic heterocycles. The Labute approximate surface area is 439 Å². The fraction of sp³-hybridized carbons (Fsp3) is 0.758. The summed E-state index contributed by atoms with van der Waals surface area (Å²) in [6.07, 6.45) is 73.7. The summed E-state index contributed by atoms with van der Waals surface area (Å²) in [4.78, 5) is 25.5. The molecule has 0 saturated heterocycles. The minimum absolute atomic E-state index is 0.00406. The van der Waals surface area contributed by atoms with Crippen LogP contribution in [0.15, 0.2) is 85.1 Å². The average Bonchev–Trinajstić information content (AvgIpc) is 3.33. The molecule has 0 saturated carbocycles. The number of likely N-dealkylation sites (N-methyl/N-ethyl adjacent to an activating group) is 1. The van der Waals surface area contributed by atoms with Gasteiger partial charge in [0.15, 0.2) is 0 Å². The maximum Gasteiger partial charge on any atom is 0.268 e. The predicted molar refractivity (Wildman–Crippen MR) is 307 cm³/mol. The van der Waals surface area contributed by atoms with Gasteiger partial charge in [-0.2, -0.15) is 0 Å². The average molecular weight is 1010 g/mol. The van der Waals surface area contributed by atoms with Crippen molar-refractivity contribution in [3.8, 4) is 0 Å². The lowest BCUT2D eigenvalue weighted by Crippen LogP contribution is -2.45. The Balaban J connectivity index is 4.17. The van der Waals surface area contributed by atoms with E-state index >= 15 is 0 Å². The van der Waals surface area contributed by atoms with Gasteiger partial charge in [0.1, 0.15) is 13.2 Å². The van der Waals surface area contributed by atoms with Crippen molar-refractivity contribution >= 4 is 13.7 Å². The second-order valence-corrected chi connectivity index (χ2v) is 22.4. The van der Waals surface area contributed by atoms with Crippen LogP contribution in [-0.4, -0.2) is 68.5 Å². The standard InChI is InChI=1S/C62H113N2O6P/c1-6-8-10-12-14-16-18-20-22-24-26-27-28-29-30-31-32-33-34-35-36-37-38-40-42-44-46-48-50-52-54-56-62(66)63-60(59-70-71(67,68)69-58-57-64(3,4)5)61(65)55-53-51-49-47-45-43-41-39-25-23-21-19-17-15-13-11-9-7-2/h8,10,14,16,20,22,26-27,29-30,32-33,53,55,60-61,65H,6-7,9,11-13,15,17-19,21,23-25,28,31,34-52,54,56-59H2,1-5H3,(H-,63,66,67,68)/b10-8-,16-14-,22-20-,27-26-,30-29-,33-32-,55-53+. The number of carbonyl (C=O) groups is 1. The molecule has 0 aliphatic carbocycles. The van der Waals surface area contributed by atoms with Gasteiger partial charge >= 0.3 is 0 Å². The van der Waals surface area contributed by atoms with Gasteiger partial charge in [0.25, 0.3) is 7.82 Å². The van der Waals surface area contributed by atoms with Crippen LogP contribution in [0.25, 0.3) is 0 Å². The second-order valence-electron chi connectivity index (χ2n) is 21.0. The molecule has 0 spiro atoms. The van der Waals surface area contributed by atoms with Crippen LogP contribution in [0.5, 0.6) is 0 Å². The van der Waals surface area contributed by atoms with E-state index < -0.39 is 20.0 Å². The van der Waals surface area contributed by atoms with Crippen LogP contribution in [0.4, 0.5) is 0 Å². The monoisotopic (exact) mass is 1010 g/mol. The van der Waals surface area contributed by atoms with Gasteiger partial charge in [0.05, 0.1) is 39.9 Å². The number of carbonyl (C=O) groups excluding carboxylic acids is 1. The predicted octanol–water partition coefficient (Wildman–Crippen LogP) is 17.4. The molecule has 3 atom stereocenters. The van der Waals surface area contributed by atoms with Crippen molar-refractivity contribution in [2.45, 2.75) is 264 Å². The number of phosphoric ester groups is 1. The second kappa shape index (κ2) is 52.5. The Bertz CT molecular complexity index is 1430. The molecule has 1 amide bonds. The lowest BCUT2D eigenvalue weighted by Gasteiger charge is -2.29. The summed E-state index contributed by atoms with van der Waals surface area (Å²) in [6, 6.07) is -0.892. The normalized spacial score (nSPS) is 14.5. The van der Waals surface area contributed by atoms with Crippen molar-refractivity contribution in [2.75, 3.05) is 40.9 Å². The Morgan fingerprint density at radius 3 is 1.25 bits per heavy atom. The molecule has 0 fully saturated rings. The van der Waals surface area contributed by atoms with Gasteiger partial charge in [-0.15, -0.1) is 0 Å². The molecule has 0 bridgehead atoms. The third-order valence-corrected chi connectivity index (χ3v) is 13.8. The number of phosphoric acid groups is 1. The Hall–Kier alpha value is -2.32. The maximum absolute atomic E-state index is 13.0. The molecule has 0 heterocycles. The SMILES string of the molecule is CC/C=C\C/C=C\C/C=C\C/C=C\C/C=C\C/C=C\CCCCCCCCCCCCCCC(=O)NC(COP(=O)([O-])OCC[N+](C)(C)C)C(O)/C=C/CCCCCCCCCCCCCCCCCC. The number of nitrogens with zero attached hydrogens (tertiary/aromatic N) is 1. The highest BCUT2D eigenvalue weighted by molar-refractivity contribution is 7.45. The van der Waals surface area contributed by atoms with Gasteiger partial charge < -0.3 is 28.8 Å². The van der Waals surface area contributed by atoms with E-state index in [9.17, 15) is 19.4 Å². The summed E-state index contributed by atoms with van der Waals surface area (Å²) in [5.41, 5.74) is 0. The first-order chi connectivity index (χ1) is 34.5. The summed E-state index contributed by atoms with van der Waals surface area (Å²) >= 11 is 0. The Morgan fingerprint density at radius 2 is 0.859 bits per heavy atom. The summed E-state index contributed by atoms with van der Waals surface area (Å²) in [5.74, 6) is -0.201. The molecule has 0 radical (unpaired) electrons. The third kappa shape index (κ3) is 55.3. The number of nitrogens with one attached hydrogen (secondary N) is 1. The molecule has 0 aliphatic heterocycles. The summed E-state index contributed by atoms with van der Waals surface area (Å²) in [7, 11) is 1.26. The van der Waals surface area contributed by atoms with Crippen molar-refractivity contribution in [2.24, 2.45) is 0 Å². The highest BCUT2D eigenvalue weighted by Crippen LogP contribution is 2.38. The largest absolute Gasteiger partial charge is 0.756 e. The highest BCUT2D eigenvalue weighted by Gasteiger charge is 2.23. The van der Waals surface area contributed by atoms with E-state index in [-0.39, 0.29) is 19.1 Å². The molecule has 9 heteroatoms. The summed E-state index contributed by atoms with van der Waals surface area (Å²) in [6.45, 7) is 4.55. The zero-order chi connectivity index (χ0) is 52.0. The Morgan fingerprint density at radius 1 is 0.507 bits per heavy atom. The molecule has 0 aromatic rings. The first-order valence-corrected chi connectivity index (χ1v) is 30.9. The minimum atomic E-state index is -4.60. The van der Waals surface area contributed by atoms with Crippen LogP contribution in [0.3, 0.4) is 0 Å². The molecule has 2 N–H and O–H groups in total. The molecule has 71 heavy (non-hydrogen) atoms. The van der Waals surface area contributed by atoms with E-state index in [1.165, 1.54) is 154 Å². The molecule has 412 valence electrons. The van der Waals surface area contributed by atoms with Crippen LogP contribution >= 0.6 is 7.82 Å². The van der Waals surface area contributed by atoms with E-state index in [4.69, 9.17) is 9.05 Å². The van der Waals surface area contributed by atoms with Gasteiger partial charge in [-0.25, -0.2) is 0 Å². The number of hydrogen-bond donors (Lipinski definition) is 2. The summed E-state index contributed by atoms with van der Waals surface area (Å²) in [5, 5.41) is 13.9. The molecule has 3 unspecified atom stereocenters. The number of allylic oxidation sites excluding steroid dienone is 13. The zero-order valence-electron chi connectivity index (χ0n) is 46.9. The first kappa shape index (κ1) is 68.7. The third-order valence-electron chi connectivity index (χ3n) is 12.9. The van der Waals surface area contributed by atoms with Crippen molar-refractivity contribution in [3.05, 3.63) is 85.1 Å². The fourth-order valence-electron chi connectivity index (χ4n) is 8.28. The van der Waals surface area contributed by atoms with Crippen molar-refractivity contribution in [3.63, 3.8) is 0 Å². The number of aliphatic hydroxyl groups is 1. The number of hydrogen-bond acceptors (Lipinski definition) is 6. The fourth-order valence-corrected chi connectivity index (χ4v) is 9.00. The topological polar surface area (TPSA) is 108 Å². The van der Waals surface area contributed by atoms with Gasteiger partial charge in [0, 0.05) is 6.42 Å². The van der Waals surface area contributed by atoms with E-state index in [1.54, 1.807) is 6.08 Å². The van der Waals surface area contributed by atoms with Gasteiger partial charge in [-0.1, -0.05) is 259 Å². The van der Waals surface area contributed by atoms with Gasteiger partial charge in [-0.05, 0) is 70.6 Å². The lowest BCUT2D eigenvalue weighted by molar-refractivity contribution is -0.870. The zero-order valence-corrected chi connectivity index (χ0v) is 47.8. The van der Waals surface area contributed by atoms with E-state index in [1.807, 2.05) is 27.2 Å². The lowest BCUT2D eigenvalue weighted by atomic mass is 10.0. The smallest absolute Gasteiger partial charge is 0.268 e. The van der Waals surface area contributed by atoms with E-state index in [0.717, 1.165) is 77.0 Å². The number of quaternary nitrogens is 1. The number of rotatable bonds is 53. The highest BCUT2D eigenvalue weighted by atomic mass is 31.2. The maximum atomic E-state index is 13.0. The number of aliphatic hydroxyl groups excluding tert-OH is 1. The molecule has 0 rings (SSSR count). The first-order valence-electron chi connectivity index (χ1n) is 29.4. The Kier molecular flexibility index (Phi) is 50.8. The van der Waals surface area contributed by atoms with Crippen molar-refractivity contribution in [1.29, 1.82) is 0 Å². The molecule has 0 aliphatic rings. The summed E-state index contributed by atoms with van der Waals surface area (Å²) < 4.78 is 23.4. The minimum Gasteiger partial charge on any atom is -0.756 e. The van der Waals surface area contributed by atoms with Crippen LogP contribution in [0.2, 0.25) is 0 Å². The van der Waals surface area contributed by atoms with Gasteiger partial charge in [0.2, 0.25) is 5.91 Å². The number of unbranched alkanes of at least 4 members (excludes halogenated alkanes) is 28. The molecule has 8 nitrogen and oxygen atoms in total. The van der Waals surface area contributed by atoms with Crippen LogP contribution in [0.1, 0.15) is 251 Å². The molecule has 0 aromatic carbocycles. The van der Waals surface area contributed by atoms with Crippen LogP contribution in [0, 0.1) is 0 Å². The van der Waals surface area contributed by atoms with Crippen molar-refractivity contribution < 1.29 is 32.9 Å².